The maximum atomic E-state index is 12.6. The molecule has 2 nitrogen and oxygen atoms in total. The van der Waals surface area contributed by atoms with Crippen LogP contribution in [-0.2, 0) is 6.42 Å². The first-order chi connectivity index (χ1) is 9.54. The zero-order valence-electron chi connectivity index (χ0n) is 10.6. The minimum Gasteiger partial charge on any atom is -0.491 e. The molecule has 1 atom stereocenters. The van der Waals surface area contributed by atoms with Crippen molar-refractivity contribution in [1.29, 1.82) is 0 Å². The Hall–Kier alpha value is -1.98. The first-order valence-corrected chi connectivity index (χ1v) is 6.39. The molecule has 0 radical (unpaired) electrons. The van der Waals surface area contributed by atoms with E-state index in [9.17, 15) is 12.9 Å². The molecule has 0 amide bonds. The van der Waals surface area contributed by atoms with E-state index < -0.39 is 12.4 Å². The van der Waals surface area contributed by atoms with Gasteiger partial charge < -0.3 is 17.7 Å². The third kappa shape index (κ3) is 2.50. The molecule has 0 saturated carbocycles. The van der Waals surface area contributed by atoms with Gasteiger partial charge in [0, 0.05) is 12.1 Å². The predicted octanol–water partition coefficient (Wildman–Crippen LogP) is 2.85. The average molecular weight is 278 g/mol. The summed E-state index contributed by atoms with van der Waals surface area (Å²) in [7, 11) is 0. The van der Waals surface area contributed by atoms with Gasteiger partial charge in [-0.2, -0.15) is 0 Å². The van der Waals surface area contributed by atoms with Gasteiger partial charge in [0.1, 0.15) is 5.75 Å². The number of hydrogen-bond acceptors (Lipinski definition) is 2. The Bertz CT molecular complexity index is 630. The van der Waals surface area contributed by atoms with Crippen LogP contribution in [0.4, 0.5) is 12.9 Å². The smallest absolute Gasteiger partial charge is 0.491 e. The molecule has 6 heteroatoms. The fourth-order valence-corrected chi connectivity index (χ4v) is 2.40. The Morgan fingerprint density at radius 2 is 2.00 bits per heavy atom. The highest BCUT2D eigenvalue weighted by Gasteiger charge is 2.28. The van der Waals surface area contributed by atoms with E-state index in [1.807, 2.05) is 18.2 Å². The van der Waals surface area contributed by atoms with Crippen LogP contribution in [0.1, 0.15) is 17.0 Å². The van der Waals surface area contributed by atoms with Gasteiger partial charge in [-0.15, -0.1) is 0 Å². The van der Waals surface area contributed by atoms with Crippen LogP contribution in [0.2, 0.25) is 0 Å². The molecule has 1 aromatic carbocycles. The van der Waals surface area contributed by atoms with E-state index in [-0.39, 0.29) is 11.7 Å². The molecule has 1 heterocycles. The molecule has 3 rings (SSSR count). The van der Waals surface area contributed by atoms with Crippen molar-refractivity contribution in [1.82, 2.24) is 4.98 Å². The Kier molecular flexibility index (Phi) is 3.16. The summed E-state index contributed by atoms with van der Waals surface area (Å²) in [5.74, 6) is 0.428. The molecule has 1 aromatic heterocycles. The largest absolute Gasteiger partial charge is 0.511 e. The monoisotopic (exact) mass is 278 g/mol. The molecule has 0 aliphatic heterocycles. The average Bonchev–Trinajstić information content (AvgIpc) is 2.39. The summed E-state index contributed by atoms with van der Waals surface area (Å²) in [5.41, 5.74) is 1.78. The minimum absolute atomic E-state index is 0.172. The number of aromatic nitrogens is 1. The Balaban J connectivity index is 1.66. The molecule has 104 valence electrons. The molecule has 0 N–H and O–H groups in total. The molecular formula is C14H12BF3NO-. The van der Waals surface area contributed by atoms with Crippen LogP contribution in [0.15, 0.2) is 42.7 Å². The maximum Gasteiger partial charge on any atom is 0.511 e. The lowest BCUT2D eigenvalue weighted by atomic mass is 9.78. The molecule has 2 aromatic rings. The summed E-state index contributed by atoms with van der Waals surface area (Å²) in [6, 6.07) is 9.03. The molecule has 0 spiro atoms. The van der Waals surface area contributed by atoms with E-state index in [2.05, 4.69) is 11.1 Å². The van der Waals surface area contributed by atoms with Crippen LogP contribution >= 0.6 is 0 Å². The van der Waals surface area contributed by atoms with Crippen molar-refractivity contribution >= 4 is 12.4 Å². The van der Waals surface area contributed by atoms with Crippen LogP contribution in [0.25, 0.3) is 0 Å². The summed E-state index contributed by atoms with van der Waals surface area (Å²) >= 11 is 0. The number of hydrogen-bond donors (Lipinski definition) is 0. The van der Waals surface area contributed by atoms with Gasteiger partial charge in [-0.3, -0.25) is 4.98 Å². The normalized spacial score (nSPS) is 17.2. The van der Waals surface area contributed by atoms with Gasteiger partial charge in [0.2, 0.25) is 0 Å². The highest BCUT2D eigenvalue weighted by atomic mass is 19.4. The molecule has 0 fully saturated rings. The van der Waals surface area contributed by atoms with Crippen molar-refractivity contribution in [3.8, 4) is 5.75 Å². The highest BCUT2D eigenvalue weighted by Crippen LogP contribution is 2.34. The van der Waals surface area contributed by atoms with Gasteiger partial charge in [0.15, 0.2) is 0 Å². The number of fused-ring (bicyclic) bond motifs is 1. The Labute approximate surface area is 114 Å². The lowest BCUT2D eigenvalue weighted by molar-refractivity contribution is 0.274. The zero-order valence-corrected chi connectivity index (χ0v) is 10.6. The van der Waals surface area contributed by atoms with E-state index in [1.165, 1.54) is 17.3 Å². The lowest BCUT2D eigenvalue weighted by Crippen LogP contribution is -2.34. The minimum atomic E-state index is -5.03. The van der Waals surface area contributed by atoms with Gasteiger partial charge in [-0.25, -0.2) is 0 Å². The van der Waals surface area contributed by atoms with E-state index in [0.717, 1.165) is 18.7 Å². The van der Waals surface area contributed by atoms with Crippen molar-refractivity contribution in [3.05, 3.63) is 53.9 Å². The predicted molar refractivity (Wildman–Crippen MR) is 71.3 cm³/mol. The zero-order chi connectivity index (χ0) is 14.2. The van der Waals surface area contributed by atoms with Crippen molar-refractivity contribution in [2.45, 2.75) is 12.3 Å². The topological polar surface area (TPSA) is 22.1 Å². The van der Waals surface area contributed by atoms with E-state index in [0.29, 0.717) is 6.61 Å². The van der Waals surface area contributed by atoms with Gasteiger partial charge in [0.25, 0.3) is 0 Å². The van der Waals surface area contributed by atoms with Crippen molar-refractivity contribution in [2.75, 3.05) is 6.61 Å². The second-order valence-electron chi connectivity index (χ2n) is 4.94. The number of halogens is 3. The van der Waals surface area contributed by atoms with Crippen LogP contribution in [0, 0.1) is 0 Å². The first kappa shape index (κ1) is 13.0. The van der Waals surface area contributed by atoms with Crippen LogP contribution < -0.4 is 10.2 Å². The van der Waals surface area contributed by atoms with Crippen LogP contribution in [-0.4, -0.2) is 18.6 Å². The first-order valence-electron chi connectivity index (χ1n) is 6.39. The van der Waals surface area contributed by atoms with Gasteiger partial charge in [-0.1, -0.05) is 29.7 Å². The van der Waals surface area contributed by atoms with Crippen molar-refractivity contribution in [3.63, 3.8) is 0 Å². The molecular weight excluding hydrogens is 266 g/mol. The third-order valence-electron chi connectivity index (χ3n) is 3.52. The van der Waals surface area contributed by atoms with E-state index in [4.69, 9.17) is 4.74 Å². The second-order valence-corrected chi connectivity index (χ2v) is 4.94. The molecule has 20 heavy (non-hydrogen) atoms. The number of rotatable bonds is 4. The van der Waals surface area contributed by atoms with Gasteiger partial charge in [-0.05, 0) is 23.6 Å². The quantitative estimate of drug-likeness (QED) is 0.802. The number of benzene rings is 1. The lowest BCUT2D eigenvalue weighted by Gasteiger charge is -2.29. The van der Waals surface area contributed by atoms with Gasteiger partial charge >= 0.3 is 6.98 Å². The number of ether oxygens (including phenoxy) is 1. The van der Waals surface area contributed by atoms with Crippen LogP contribution in [0.3, 0.4) is 0 Å². The summed E-state index contributed by atoms with van der Waals surface area (Å²) in [6.07, 6.45) is 3.05. The molecule has 0 bridgehead atoms. The highest BCUT2D eigenvalue weighted by molar-refractivity contribution is 6.73. The van der Waals surface area contributed by atoms with E-state index in [1.54, 1.807) is 0 Å². The summed E-state index contributed by atoms with van der Waals surface area (Å²) < 4.78 is 43.3. The standard InChI is InChI=1S/C14H12BF3NO/c16-15(17,18)12-6-13(8-19-7-12)20-9-11-5-10-3-1-2-4-14(10)11/h1-4,6-8,11H,5,9H2/q-1. The third-order valence-corrected chi connectivity index (χ3v) is 3.52. The molecule has 1 aliphatic rings. The van der Waals surface area contributed by atoms with Crippen LogP contribution in [0.5, 0.6) is 5.75 Å². The second kappa shape index (κ2) is 4.85. The van der Waals surface area contributed by atoms with Crippen molar-refractivity contribution in [2.24, 2.45) is 0 Å². The Morgan fingerprint density at radius 1 is 1.20 bits per heavy atom. The van der Waals surface area contributed by atoms with Crippen molar-refractivity contribution < 1.29 is 17.7 Å². The number of pyridine rings is 1. The Morgan fingerprint density at radius 3 is 2.75 bits per heavy atom. The summed E-state index contributed by atoms with van der Waals surface area (Å²) in [5, 5.41) is 0. The molecule has 1 unspecified atom stereocenters. The summed E-state index contributed by atoms with van der Waals surface area (Å²) in [6.45, 7) is -4.65. The fourth-order valence-electron chi connectivity index (χ4n) is 2.40. The number of nitrogens with zero attached hydrogens (tertiary/aromatic N) is 1. The molecule has 1 aliphatic carbocycles. The van der Waals surface area contributed by atoms with Gasteiger partial charge in [0.05, 0.1) is 12.8 Å². The van der Waals surface area contributed by atoms with E-state index >= 15 is 0 Å². The summed E-state index contributed by atoms with van der Waals surface area (Å²) in [4.78, 5) is 3.59. The fraction of sp³-hybridized carbons (Fsp3) is 0.214. The SMILES string of the molecule is F[B-](F)(F)c1cncc(OCC2Cc3ccccc32)c1. The molecule has 0 saturated heterocycles. The maximum absolute atomic E-state index is 12.6.